The van der Waals surface area contributed by atoms with Crippen LogP contribution in [-0.4, -0.2) is 41.7 Å². The van der Waals surface area contributed by atoms with Gasteiger partial charge in [-0.1, -0.05) is 30.3 Å². The Morgan fingerprint density at radius 1 is 0.684 bits per heavy atom. The predicted octanol–water partition coefficient (Wildman–Crippen LogP) is 6.50. The maximum Gasteiger partial charge on any atom is 0.642 e. The molecule has 0 unspecified atom stereocenters. The van der Waals surface area contributed by atoms with E-state index in [1.807, 2.05) is 72.8 Å². The van der Waals surface area contributed by atoms with E-state index < -0.39 is 6.97 Å². The van der Waals surface area contributed by atoms with Gasteiger partial charge in [0.25, 0.3) is 5.84 Å². The Morgan fingerprint density at radius 2 is 1.24 bits per heavy atom. The van der Waals surface area contributed by atoms with Crippen molar-refractivity contribution in [2.45, 2.75) is 0 Å². The summed E-state index contributed by atoms with van der Waals surface area (Å²) in [5.74, 6) is 1.83. The smallest absolute Gasteiger partial charge is 0.497 e. The molecular weight excluding hydrogens is 483 g/mol. The van der Waals surface area contributed by atoms with Crippen LogP contribution in [0, 0.1) is 0 Å². The summed E-state index contributed by atoms with van der Waals surface area (Å²) in [5, 5.41) is 1.40. The van der Waals surface area contributed by atoms with Gasteiger partial charge in [0.2, 0.25) is 5.82 Å². The van der Waals surface area contributed by atoms with Gasteiger partial charge in [0.05, 0.1) is 19.8 Å². The van der Waals surface area contributed by atoms with E-state index in [0.717, 1.165) is 19.9 Å². The molecule has 38 heavy (non-hydrogen) atoms. The second-order valence-electron chi connectivity index (χ2n) is 9.33. The molecule has 4 aromatic carbocycles. The first-order valence-corrected chi connectivity index (χ1v) is 12.3. The molecule has 0 aliphatic carbocycles. The Bertz CT molecular complexity index is 1810. The van der Waals surface area contributed by atoms with Gasteiger partial charge < -0.3 is 27.1 Å². The molecule has 0 atom stereocenters. The van der Waals surface area contributed by atoms with Crippen LogP contribution in [-0.2, 0) is 0 Å². The van der Waals surface area contributed by atoms with Gasteiger partial charge in [-0.05, 0) is 77.3 Å². The third-order valence-corrected chi connectivity index (χ3v) is 7.34. The number of nitrogens with zero attached hydrogens (tertiary/aromatic N) is 3. The van der Waals surface area contributed by atoms with Gasteiger partial charge >= 0.3 is 6.97 Å². The summed E-state index contributed by atoms with van der Waals surface area (Å²) in [7, 11) is 3.16. The number of rotatable bonds is 4. The van der Waals surface area contributed by atoms with E-state index in [1.165, 1.54) is 0 Å². The van der Waals surface area contributed by atoms with Crippen LogP contribution in [0.4, 0.5) is 14.4 Å². The largest absolute Gasteiger partial charge is 0.642 e. The highest BCUT2D eigenvalue weighted by molar-refractivity contribution is 6.62. The summed E-state index contributed by atoms with van der Waals surface area (Å²) in [6.07, 6.45) is 0. The number of aliphatic imine (C=N–C) groups is 1. The van der Waals surface area contributed by atoms with Gasteiger partial charge in [0.1, 0.15) is 17.2 Å². The van der Waals surface area contributed by atoms with E-state index in [4.69, 9.17) is 14.5 Å². The number of benzene rings is 4. The first-order valence-electron chi connectivity index (χ1n) is 12.3. The average molecular weight is 505 g/mol. The summed E-state index contributed by atoms with van der Waals surface area (Å²) in [4.78, 5) is 4.93. The number of aromatic nitrogens is 1. The number of hydrogen-bond acceptors (Lipinski definition) is 3. The Kier molecular flexibility index (Phi) is 4.82. The molecular formula is C30H22BF2N3O2. The second-order valence-corrected chi connectivity index (χ2v) is 9.33. The Morgan fingerprint density at radius 3 is 1.87 bits per heavy atom. The van der Waals surface area contributed by atoms with Gasteiger partial charge in [-0.2, -0.15) is 0 Å². The quantitative estimate of drug-likeness (QED) is 0.262. The van der Waals surface area contributed by atoms with E-state index in [-0.39, 0.29) is 11.7 Å². The normalized spacial score (nSPS) is 15.1. The zero-order valence-electron chi connectivity index (χ0n) is 20.7. The maximum absolute atomic E-state index is 17.1. The number of fused-ring (bicyclic) bond motifs is 6. The zero-order valence-corrected chi connectivity index (χ0v) is 20.7. The van der Waals surface area contributed by atoms with Crippen molar-refractivity contribution in [3.63, 3.8) is 0 Å². The van der Waals surface area contributed by atoms with E-state index in [1.54, 1.807) is 38.5 Å². The highest BCUT2D eigenvalue weighted by atomic mass is 19.2. The lowest BCUT2D eigenvalue weighted by atomic mass is 9.91. The molecule has 0 N–H and O–H groups in total. The maximum atomic E-state index is 17.1. The molecule has 0 spiro atoms. The second kappa shape index (κ2) is 8.15. The van der Waals surface area contributed by atoms with Crippen molar-refractivity contribution < 1.29 is 22.6 Å². The van der Waals surface area contributed by atoms with Gasteiger partial charge in [0, 0.05) is 27.6 Å². The van der Waals surface area contributed by atoms with Crippen LogP contribution in [0.25, 0.3) is 22.0 Å². The van der Waals surface area contributed by atoms with Gasteiger partial charge in [-0.3, -0.25) is 0 Å². The molecule has 1 aromatic heterocycles. The minimum absolute atomic E-state index is 0.258. The highest BCUT2D eigenvalue weighted by Crippen LogP contribution is 2.46. The number of amidine groups is 1. The lowest BCUT2D eigenvalue weighted by Gasteiger charge is -2.31. The third kappa shape index (κ3) is 3.03. The first kappa shape index (κ1) is 22.5. The number of halogens is 2. The summed E-state index contributed by atoms with van der Waals surface area (Å²) < 4.78 is 47.1. The lowest BCUT2D eigenvalue weighted by Crippen LogP contribution is -2.52. The molecule has 3 heterocycles. The topological polar surface area (TPSA) is 38.8 Å². The van der Waals surface area contributed by atoms with Crippen LogP contribution in [0.15, 0.2) is 102 Å². The van der Waals surface area contributed by atoms with Crippen molar-refractivity contribution in [2.75, 3.05) is 14.2 Å². The van der Waals surface area contributed by atoms with Crippen molar-refractivity contribution in [3.05, 3.63) is 114 Å². The SMILES string of the molecule is COc1ccc(C2=[N+]3C(=Nc4c5ccccc5c(-c5ccc(OC)cc5)n4[B-]3(F)F)c3ccccc32)cc1. The fourth-order valence-corrected chi connectivity index (χ4v) is 5.64. The zero-order chi connectivity index (χ0) is 26.0. The molecule has 2 aliphatic heterocycles. The molecule has 0 amide bonds. The van der Waals surface area contributed by atoms with E-state index in [9.17, 15) is 0 Å². The van der Waals surface area contributed by atoms with E-state index in [2.05, 4.69) is 0 Å². The van der Waals surface area contributed by atoms with Crippen LogP contribution in [0.2, 0.25) is 0 Å². The monoisotopic (exact) mass is 505 g/mol. The summed E-state index contributed by atoms with van der Waals surface area (Å²) in [6, 6.07) is 29.3. The van der Waals surface area contributed by atoms with Gasteiger partial charge in [-0.25, -0.2) is 0 Å². The van der Waals surface area contributed by atoms with Crippen molar-refractivity contribution in [3.8, 4) is 22.8 Å². The van der Waals surface area contributed by atoms with Gasteiger partial charge in [-0.15, -0.1) is 0 Å². The molecule has 5 aromatic rings. The summed E-state index contributed by atoms with van der Waals surface area (Å²) in [5.41, 5.74) is 3.58. The molecule has 0 saturated heterocycles. The highest BCUT2D eigenvalue weighted by Gasteiger charge is 2.54. The molecule has 2 aliphatic rings. The van der Waals surface area contributed by atoms with Gasteiger partial charge in [0.15, 0.2) is 0 Å². The lowest BCUT2D eigenvalue weighted by molar-refractivity contribution is -0.292. The Labute approximate surface area is 218 Å². The van der Waals surface area contributed by atoms with Crippen molar-refractivity contribution in [1.82, 2.24) is 4.48 Å². The summed E-state index contributed by atoms with van der Waals surface area (Å²) >= 11 is 0. The number of hydrogen-bond donors (Lipinski definition) is 0. The van der Waals surface area contributed by atoms with E-state index in [0.29, 0.717) is 45.0 Å². The van der Waals surface area contributed by atoms with Crippen LogP contribution >= 0.6 is 0 Å². The molecule has 186 valence electrons. The fourth-order valence-electron chi connectivity index (χ4n) is 5.64. The molecule has 5 nitrogen and oxygen atoms in total. The fraction of sp³-hybridized carbons (Fsp3) is 0.0667. The van der Waals surface area contributed by atoms with Crippen molar-refractivity contribution >= 4 is 35.1 Å². The number of methoxy groups -OCH3 is 2. The molecule has 7 rings (SSSR count). The Balaban J connectivity index is 1.57. The third-order valence-electron chi connectivity index (χ3n) is 7.34. The summed E-state index contributed by atoms with van der Waals surface area (Å²) in [6.45, 7) is -4.34. The standard InChI is InChI=1S/C30H22BF2N3O2/c1-37-21-15-11-19(12-16-21)27-23-7-3-5-9-25(23)29-34-30-26-10-6-4-8-24(26)28(36(30)31(32,33)35(27)29)20-13-17-22(38-2)18-14-20/h3-18H,1-2H3. The minimum atomic E-state index is -4.34. The molecule has 8 heteroatoms. The predicted molar refractivity (Wildman–Crippen MR) is 146 cm³/mol. The van der Waals surface area contributed by atoms with E-state index >= 15 is 8.63 Å². The van der Waals surface area contributed by atoms with Crippen molar-refractivity contribution in [2.24, 2.45) is 4.99 Å². The number of ether oxygens (including phenoxy) is 2. The average Bonchev–Trinajstić information content (AvgIpc) is 3.48. The van der Waals surface area contributed by atoms with Crippen LogP contribution < -0.4 is 9.47 Å². The first-order chi connectivity index (χ1) is 18.5. The molecule has 0 bridgehead atoms. The van der Waals surface area contributed by atoms with Crippen molar-refractivity contribution in [1.29, 1.82) is 0 Å². The van der Waals surface area contributed by atoms with Crippen LogP contribution in [0.1, 0.15) is 16.7 Å². The Hall–Kier alpha value is -4.72. The molecule has 0 saturated carbocycles. The molecule has 0 radical (unpaired) electrons. The molecule has 0 fully saturated rings. The van der Waals surface area contributed by atoms with Crippen LogP contribution in [0.5, 0.6) is 11.5 Å². The minimum Gasteiger partial charge on any atom is -0.497 e. The van der Waals surface area contributed by atoms with Crippen LogP contribution in [0.3, 0.4) is 0 Å².